The third-order valence-electron chi connectivity index (χ3n) is 3.52. The molecule has 0 nitrogen and oxygen atoms in total. The molecule has 86 valence electrons. The highest BCUT2D eigenvalue weighted by atomic mass is 79.9. The van der Waals surface area contributed by atoms with Gasteiger partial charge in [-0.25, -0.2) is 0 Å². The molecule has 1 fully saturated rings. The Morgan fingerprint density at radius 1 is 0.824 bits per heavy atom. The van der Waals surface area contributed by atoms with Gasteiger partial charge in [-0.2, -0.15) is 0 Å². The van der Waals surface area contributed by atoms with E-state index in [9.17, 15) is 0 Å². The van der Waals surface area contributed by atoms with Gasteiger partial charge in [0.15, 0.2) is 0 Å². The zero-order chi connectivity index (χ0) is 11.9. The van der Waals surface area contributed by atoms with Crippen LogP contribution in [0.25, 0.3) is 0 Å². The van der Waals surface area contributed by atoms with E-state index in [0.29, 0.717) is 0 Å². The van der Waals surface area contributed by atoms with E-state index < -0.39 is 0 Å². The lowest BCUT2D eigenvalue weighted by molar-refractivity contribution is 0.840. The van der Waals surface area contributed by atoms with E-state index in [4.69, 9.17) is 11.6 Å². The smallest absolute Gasteiger partial charge is 0.105 e. The second-order valence-electron chi connectivity index (χ2n) is 4.52. The fourth-order valence-electron chi connectivity index (χ4n) is 2.53. The molecule has 0 heterocycles. The molecule has 0 aromatic heterocycles. The van der Waals surface area contributed by atoms with Crippen molar-refractivity contribution in [2.75, 3.05) is 0 Å². The van der Waals surface area contributed by atoms with E-state index in [1.165, 1.54) is 11.1 Å². The Kier molecular flexibility index (Phi) is 2.57. The third-order valence-corrected chi connectivity index (χ3v) is 4.93. The monoisotopic (exact) mass is 306 g/mol. The summed E-state index contributed by atoms with van der Waals surface area (Å²) in [6, 6.07) is 20.9. The van der Waals surface area contributed by atoms with Crippen LogP contribution in [0.5, 0.6) is 0 Å². The van der Waals surface area contributed by atoms with E-state index in [1.807, 2.05) is 12.1 Å². The molecule has 0 radical (unpaired) electrons. The average Bonchev–Trinajstić information content (AvgIpc) is 2.96. The molecule has 1 saturated carbocycles. The lowest BCUT2D eigenvalue weighted by Crippen LogP contribution is -2.16. The van der Waals surface area contributed by atoms with E-state index in [0.717, 1.165) is 6.42 Å². The minimum absolute atomic E-state index is 0.0862. The molecule has 0 amide bonds. The SMILES string of the molecule is Cl[C@]1(Br)CC1(c1ccccc1)c1ccccc1. The van der Waals surface area contributed by atoms with Crippen molar-refractivity contribution < 1.29 is 0 Å². The molecule has 0 saturated heterocycles. The Balaban J connectivity index is 2.15. The van der Waals surface area contributed by atoms with Gasteiger partial charge in [0.1, 0.15) is 3.78 Å². The second kappa shape index (κ2) is 3.86. The van der Waals surface area contributed by atoms with Gasteiger partial charge >= 0.3 is 0 Å². The Hall–Kier alpha value is -0.790. The second-order valence-corrected chi connectivity index (χ2v) is 6.97. The van der Waals surface area contributed by atoms with Gasteiger partial charge in [0.2, 0.25) is 0 Å². The van der Waals surface area contributed by atoms with Crippen molar-refractivity contribution in [1.29, 1.82) is 0 Å². The predicted octanol–water partition coefficient (Wildman–Crippen LogP) is 4.71. The van der Waals surface area contributed by atoms with Crippen molar-refractivity contribution in [2.45, 2.75) is 15.6 Å². The molecule has 2 aromatic rings. The van der Waals surface area contributed by atoms with Crippen molar-refractivity contribution in [3.8, 4) is 0 Å². The van der Waals surface area contributed by atoms with Gasteiger partial charge in [0, 0.05) is 0 Å². The third kappa shape index (κ3) is 1.64. The lowest BCUT2D eigenvalue weighted by atomic mass is 9.88. The van der Waals surface area contributed by atoms with Crippen LogP contribution in [0.2, 0.25) is 0 Å². The van der Waals surface area contributed by atoms with Crippen LogP contribution in [0.15, 0.2) is 60.7 Å². The van der Waals surface area contributed by atoms with Crippen LogP contribution in [-0.2, 0) is 5.41 Å². The van der Waals surface area contributed by atoms with Gasteiger partial charge in [-0.05, 0) is 17.5 Å². The highest BCUT2D eigenvalue weighted by Crippen LogP contribution is 2.69. The summed E-state index contributed by atoms with van der Waals surface area (Å²) in [7, 11) is 0. The maximum absolute atomic E-state index is 6.55. The average molecular weight is 308 g/mol. The van der Waals surface area contributed by atoms with Crippen LogP contribution in [0, 0.1) is 0 Å². The molecule has 0 unspecified atom stereocenters. The van der Waals surface area contributed by atoms with Crippen LogP contribution in [-0.4, -0.2) is 3.78 Å². The number of benzene rings is 2. The summed E-state index contributed by atoms with van der Waals surface area (Å²) in [5.74, 6) is 0. The molecular formula is C15H12BrCl. The van der Waals surface area contributed by atoms with E-state index in [-0.39, 0.29) is 9.20 Å². The molecule has 2 aromatic carbocycles. The molecule has 1 aliphatic carbocycles. The van der Waals surface area contributed by atoms with Gasteiger partial charge in [0.25, 0.3) is 0 Å². The highest BCUT2D eigenvalue weighted by Gasteiger charge is 2.67. The summed E-state index contributed by atoms with van der Waals surface area (Å²) in [5.41, 5.74) is 2.47. The van der Waals surface area contributed by atoms with Crippen LogP contribution >= 0.6 is 27.5 Å². The predicted molar refractivity (Wildman–Crippen MR) is 75.8 cm³/mol. The number of alkyl halides is 2. The van der Waals surface area contributed by atoms with Crippen molar-refractivity contribution in [3.05, 3.63) is 71.8 Å². The molecule has 0 spiro atoms. The van der Waals surface area contributed by atoms with E-state index >= 15 is 0 Å². The normalized spacial score (nSPS) is 25.5. The molecule has 17 heavy (non-hydrogen) atoms. The van der Waals surface area contributed by atoms with Crippen molar-refractivity contribution in [1.82, 2.24) is 0 Å². The number of hydrogen-bond acceptors (Lipinski definition) is 0. The first kappa shape index (κ1) is 11.3. The minimum Gasteiger partial charge on any atom is -0.105 e. The van der Waals surface area contributed by atoms with Crippen molar-refractivity contribution in [2.24, 2.45) is 0 Å². The Morgan fingerprint density at radius 3 is 1.47 bits per heavy atom. The molecule has 2 heteroatoms. The first-order valence-corrected chi connectivity index (χ1v) is 6.83. The maximum Gasteiger partial charge on any atom is 0.114 e. The van der Waals surface area contributed by atoms with Gasteiger partial charge in [0.05, 0.1) is 5.41 Å². The first-order valence-electron chi connectivity index (χ1n) is 5.66. The summed E-state index contributed by atoms with van der Waals surface area (Å²) in [6.45, 7) is 0. The standard InChI is InChI=1S/C15H12BrCl/c16-15(17)11-14(15,12-7-3-1-4-8-12)13-9-5-2-6-10-13/h1-10H,11H2/t15-/m1/s1. The van der Waals surface area contributed by atoms with Crippen molar-refractivity contribution in [3.63, 3.8) is 0 Å². The van der Waals surface area contributed by atoms with Crippen LogP contribution < -0.4 is 0 Å². The van der Waals surface area contributed by atoms with Crippen LogP contribution in [0.4, 0.5) is 0 Å². The molecule has 0 bridgehead atoms. The fourth-order valence-corrected chi connectivity index (χ4v) is 3.82. The lowest BCUT2D eigenvalue weighted by Gasteiger charge is -2.19. The largest absolute Gasteiger partial charge is 0.114 e. The minimum atomic E-state index is -0.345. The van der Waals surface area contributed by atoms with E-state index in [1.54, 1.807) is 0 Å². The zero-order valence-electron chi connectivity index (χ0n) is 9.24. The Labute approximate surface area is 115 Å². The maximum atomic E-state index is 6.55. The summed E-state index contributed by atoms with van der Waals surface area (Å²) in [5, 5.41) is 0. The fraction of sp³-hybridized carbons (Fsp3) is 0.200. The molecular weight excluding hydrogens is 296 g/mol. The number of hydrogen-bond donors (Lipinski definition) is 0. The molecule has 1 atom stereocenters. The zero-order valence-corrected chi connectivity index (χ0v) is 11.6. The summed E-state index contributed by atoms with van der Waals surface area (Å²) < 4.78 is -0.345. The van der Waals surface area contributed by atoms with Gasteiger partial charge in [-0.1, -0.05) is 76.6 Å². The van der Waals surface area contributed by atoms with E-state index in [2.05, 4.69) is 64.5 Å². The van der Waals surface area contributed by atoms with Crippen molar-refractivity contribution >= 4 is 27.5 Å². The Bertz CT molecular complexity index is 480. The molecule has 0 N–H and O–H groups in total. The number of halogens is 2. The van der Waals surface area contributed by atoms with Crippen LogP contribution in [0.1, 0.15) is 17.5 Å². The first-order chi connectivity index (χ1) is 8.17. The molecule has 0 aliphatic heterocycles. The summed E-state index contributed by atoms with van der Waals surface area (Å²) >= 11 is 10.2. The van der Waals surface area contributed by atoms with Gasteiger partial charge in [-0.3, -0.25) is 0 Å². The van der Waals surface area contributed by atoms with Gasteiger partial charge in [-0.15, -0.1) is 11.6 Å². The quantitative estimate of drug-likeness (QED) is 0.705. The molecule has 3 rings (SSSR count). The highest BCUT2D eigenvalue weighted by molar-refractivity contribution is 9.10. The summed E-state index contributed by atoms with van der Waals surface area (Å²) in [6.07, 6.45) is 0.926. The Morgan fingerprint density at radius 2 is 1.18 bits per heavy atom. The summed E-state index contributed by atoms with van der Waals surface area (Å²) in [4.78, 5) is 0. The topological polar surface area (TPSA) is 0 Å². The molecule has 1 aliphatic rings. The van der Waals surface area contributed by atoms with Gasteiger partial charge < -0.3 is 0 Å². The van der Waals surface area contributed by atoms with Crippen LogP contribution in [0.3, 0.4) is 0 Å². The number of rotatable bonds is 2.